The summed E-state index contributed by atoms with van der Waals surface area (Å²) in [7, 11) is 0. The number of benzene rings is 3. The second kappa shape index (κ2) is 21.8. The van der Waals surface area contributed by atoms with Crippen LogP contribution in [0.4, 0.5) is 5.69 Å². The molecule has 3 aliphatic rings. The lowest BCUT2D eigenvalue weighted by molar-refractivity contribution is -0.164. The molecule has 3 aromatic carbocycles. The largest absolute Gasteiger partial charge is 0.489 e. The summed E-state index contributed by atoms with van der Waals surface area (Å²) in [5.74, 6) is -2.03. The molecule has 2 heterocycles. The highest BCUT2D eigenvalue weighted by Gasteiger charge is 2.64. The maximum Gasteiger partial charge on any atom is 0.251 e. The Balaban J connectivity index is 0.846. The van der Waals surface area contributed by atoms with Crippen molar-refractivity contribution >= 4 is 52.1 Å². The molecule has 1 aromatic heterocycles. The molecule has 3 fully saturated rings. The zero-order chi connectivity index (χ0) is 51.6. The number of anilines is 1. The highest BCUT2D eigenvalue weighted by molar-refractivity contribution is 7.13. The summed E-state index contributed by atoms with van der Waals surface area (Å²) >= 11 is 7.85. The zero-order valence-corrected chi connectivity index (χ0v) is 44.2. The summed E-state index contributed by atoms with van der Waals surface area (Å²) < 4.78 is 12.4. The van der Waals surface area contributed by atoms with E-state index in [1.807, 2.05) is 88.7 Å². The molecule has 6 atom stereocenters. The quantitative estimate of drug-likeness (QED) is 0.0800. The van der Waals surface area contributed by atoms with Gasteiger partial charge in [-0.15, -0.1) is 11.3 Å². The maximum absolute atomic E-state index is 14.3. The highest BCUT2D eigenvalue weighted by atomic mass is 35.5. The van der Waals surface area contributed by atoms with Crippen LogP contribution in [0.25, 0.3) is 10.4 Å². The van der Waals surface area contributed by atoms with E-state index in [0.29, 0.717) is 35.1 Å². The number of rotatable bonds is 17. The van der Waals surface area contributed by atoms with E-state index < -0.39 is 41.4 Å². The van der Waals surface area contributed by atoms with Gasteiger partial charge in [0.2, 0.25) is 11.8 Å². The minimum atomic E-state index is -0.902. The predicted octanol–water partition coefficient (Wildman–Crippen LogP) is 8.15. The summed E-state index contributed by atoms with van der Waals surface area (Å²) in [5, 5.41) is 29.7. The van der Waals surface area contributed by atoms with Crippen LogP contribution in [0.15, 0.2) is 72.2 Å². The molecule has 1 unspecified atom stereocenters. The number of nitriles is 1. The average molecular weight is 1010 g/mol. The summed E-state index contributed by atoms with van der Waals surface area (Å²) in [4.78, 5) is 65.3. The van der Waals surface area contributed by atoms with E-state index in [0.717, 1.165) is 53.6 Å². The van der Waals surface area contributed by atoms with E-state index in [1.165, 1.54) is 0 Å². The predicted molar refractivity (Wildman–Crippen MR) is 277 cm³/mol. The number of aryl methyl sites for hydroxylation is 1. The smallest absolute Gasteiger partial charge is 0.251 e. The van der Waals surface area contributed by atoms with Gasteiger partial charge in [0.1, 0.15) is 24.0 Å². The Morgan fingerprint density at radius 1 is 0.930 bits per heavy atom. The first-order chi connectivity index (χ1) is 33.5. The lowest BCUT2D eigenvalue weighted by Gasteiger charge is -2.63. The van der Waals surface area contributed by atoms with Crippen LogP contribution < -0.4 is 25.6 Å². The fraction of sp³-hybridized carbons (Fsp3) is 0.527. The Kier molecular flexibility index (Phi) is 16.4. The van der Waals surface area contributed by atoms with E-state index in [9.17, 15) is 29.5 Å². The molecule has 0 radical (unpaired) electrons. The Labute approximate surface area is 427 Å². The maximum atomic E-state index is 14.3. The second-order valence-electron chi connectivity index (χ2n) is 21.9. The van der Waals surface area contributed by atoms with Gasteiger partial charge < -0.3 is 35.4 Å². The van der Waals surface area contributed by atoms with Crippen molar-refractivity contribution in [2.75, 3.05) is 44.2 Å². The Hall–Kier alpha value is -5.37. The van der Waals surface area contributed by atoms with Crippen LogP contribution in [0.2, 0.25) is 5.02 Å². The molecule has 380 valence electrons. The average Bonchev–Trinajstić information content (AvgIpc) is 3.96. The molecular weight excluding hydrogens is 938 g/mol. The van der Waals surface area contributed by atoms with E-state index in [-0.39, 0.29) is 59.5 Å². The molecule has 16 heteroatoms. The van der Waals surface area contributed by atoms with Gasteiger partial charge in [0, 0.05) is 72.8 Å². The van der Waals surface area contributed by atoms with Crippen LogP contribution in [-0.4, -0.2) is 108 Å². The molecule has 2 aliphatic carbocycles. The number of carbonyl (C=O) groups is 4. The van der Waals surface area contributed by atoms with Crippen molar-refractivity contribution in [1.82, 2.24) is 25.8 Å². The second-order valence-corrected chi connectivity index (χ2v) is 23.1. The van der Waals surface area contributed by atoms with Gasteiger partial charge in [-0.25, -0.2) is 4.98 Å². The molecule has 3 amide bonds. The number of piperazine rings is 1. The minimum Gasteiger partial charge on any atom is -0.489 e. The number of carbonyl (C=O) groups excluding carboxylic acids is 4. The Morgan fingerprint density at radius 3 is 2.17 bits per heavy atom. The van der Waals surface area contributed by atoms with Crippen LogP contribution in [-0.2, 0) is 19.1 Å². The van der Waals surface area contributed by atoms with Crippen molar-refractivity contribution in [2.45, 2.75) is 119 Å². The molecule has 14 nitrogen and oxygen atoms in total. The molecule has 0 bridgehead atoms. The summed E-state index contributed by atoms with van der Waals surface area (Å²) in [6.07, 6.45) is -1.52. The Bertz CT molecular complexity index is 2580. The van der Waals surface area contributed by atoms with E-state index in [4.69, 9.17) is 21.1 Å². The van der Waals surface area contributed by atoms with Gasteiger partial charge >= 0.3 is 0 Å². The first-order valence-electron chi connectivity index (χ1n) is 24.7. The van der Waals surface area contributed by atoms with Gasteiger partial charge in [-0.3, -0.25) is 24.1 Å². The first-order valence-corrected chi connectivity index (χ1v) is 25.9. The SMILES string of the molecule is Cc1ncsc1-c1ccc([C@H](C)NC(=O)[C@@H]2C[C@@H](O)CC2C(=O)[C@@H](NC(=O)[C@H](C)OCCN2CCN(c3ccc(C(=O)NC4C(C)(C)C(Oc5ccc(C#N)c(Cl)c5)C4(C)C)cc3)CC2)C(C)(C)C)cc1. The first kappa shape index (κ1) is 53.4. The number of aliphatic hydroxyl groups excluding tert-OH is 1. The van der Waals surface area contributed by atoms with Crippen LogP contribution in [0.1, 0.15) is 108 Å². The molecular formula is C55H70ClN7O7S. The Morgan fingerprint density at radius 2 is 1.58 bits per heavy atom. The third-order valence-electron chi connectivity index (χ3n) is 14.9. The fourth-order valence-electron chi connectivity index (χ4n) is 11.0. The molecule has 71 heavy (non-hydrogen) atoms. The third-order valence-corrected chi connectivity index (χ3v) is 16.2. The van der Waals surface area contributed by atoms with E-state index in [1.54, 1.807) is 36.5 Å². The van der Waals surface area contributed by atoms with Crippen molar-refractivity contribution in [3.8, 4) is 22.3 Å². The number of nitrogens with zero attached hydrogens (tertiary/aromatic N) is 4. The van der Waals surface area contributed by atoms with Crippen molar-refractivity contribution in [2.24, 2.45) is 28.1 Å². The van der Waals surface area contributed by atoms with E-state index in [2.05, 4.69) is 64.5 Å². The molecule has 7 rings (SSSR count). The van der Waals surface area contributed by atoms with Crippen LogP contribution in [0.3, 0.4) is 0 Å². The van der Waals surface area contributed by atoms with Crippen LogP contribution in [0.5, 0.6) is 5.75 Å². The van der Waals surface area contributed by atoms with Crippen molar-refractivity contribution in [3.63, 3.8) is 0 Å². The lowest BCUT2D eigenvalue weighted by atomic mass is 9.49. The number of aliphatic hydroxyl groups is 1. The normalized spacial score (nSPS) is 23.1. The molecule has 2 saturated carbocycles. The molecule has 4 N–H and O–H groups in total. The molecule has 1 aliphatic heterocycles. The van der Waals surface area contributed by atoms with Crippen molar-refractivity contribution in [1.29, 1.82) is 5.26 Å². The monoisotopic (exact) mass is 1010 g/mol. The number of ketones is 1. The van der Waals surface area contributed by atoms with Crippen LogP contribution >= 0.6 is 22.9 Å². The van der Waals surface area contributed by atoms with Crippen LogP contribution in [0, 0.1) is 46.3 Å². The standard InChI is InChI=1S/C55H70ClN7O7S/c1-32(35-11-13-36(14-12-35)46-33(2)58-31-71-46)59-50(68)43-28-40(64)27-42(43)45(65)47(53(4,5)6)60-48(66)34(3)69-26-25-62-21-23-63(24-22-62)39-18-15-37(16-19-39)49(67)61-51-54(7,8)52(55(51,9)10)70-41-20-17-38(30-57)44(56)29-41/h11-20,29,31-32,34,40,42-43,47,51-52,64H,21-28H2,1-10H3,(H,59,68)(H,60,66)(H,61,67)/t32-,34-,40-,42?,43+,47+,51?,52?/m0/s1. The number of hydrogen-bond donors (Lipinski definition) is 4. The summed E-state index contributed by atoms with van der Waals surface area (Å²) in [6.45, 7) is 23.6. The minimum absolute atomic E-state index is 0.147. The number of ether oxygens (including phenoxy) is 2. The van der Waals surface area contributed by atoms with E-state index >= 15 is 0 Å². The van der Waals surface area contributed by atoms with Gasteiger partial charge in [-0.1, -0.05) is 84.3 Å². The summed E-state index contributed by atoms with van der Waals surface area (Å²) in [5.41, 5.74) is 5.33. The number of hydrogen-bond acceptors (Lipinski definition) is 12. The number of nitrogens with one attached hydrogen (secondary N) is 3. The van der Waals surface area contributed by atoms with Gasteiger partial charge in [-0.05, 0) is 86.6 Å². The molecule has 4 aromatic rings. The molecule has 1 saturated heterocycles. The number of thiazole rings is 1. The number of halogens is 1. The third kappa shape index (κ3) is 12.0. The highest BCUT2D eigenvalue weighted by Crippen LogP contribution is 2.55. The zero-order valence-electron chi connectivity index (χ0n) is 42.7. The fourth-order valence-corrected chi connectivity index (χ4v) is 12.0. The number of aromatic nitrogens is 1. The lowest BCUT2D eigenvalue weighted by Crippen LogP contribution is -2.74. The topological polar surface area (TPSA) is 186 Å². The summed E-state index contributed by atoms with van der Waals surface area (Å²) in [6, 6.07) is 21.4. The number of amides is 3. The van der Waals surface area contributed by atoms with Gasteiger partial charge in [0.15, 0.2) is 5.78 Å². The number of Topliss-reactive ketones (excluding diaryl/α,β-unsaturated/α-hetero) is 1. The molecule has 0 spiro atoms. The van der Waals surface area contributed by atoms with Gasteiger partial charge in [0.05, 0.1) is 57.4 Å². The van der Waals surface area contributed by atoms with Gasteiger partial charge in [-0.2, -0.15) is 5.26 Å². The van der Waals surface area contributed by atoms with Crippen molar-refractivity contribution in [3.05, 3.63) is 99.6 Å². The van der Waals surface area contributed by atoms with Gasteiger partial charge in [0.25, 0.3) is 5.91 Å². The van der Waals surface area contributed by atoms with Crippen molar-refractivity contribution < 1.29 is 33.8 Å².